The number of nitrogens with zero attached hydrogens (tertiary/aromatic N) is 1. The first kappa shape index (κ1) is 28.2. The number of anilines is 2. The van der Waals surface area contributed by atoms with Gasteiger partial charge in [0.2, 0.25) is 15.9 Å². The number of rotatable bonds is 9. The molecule has 0 aliphatic heterocycles. The molecule has 7 nitrogen and oxygen atoms in total. The van der Waals surface area contributed by atoms with Gasteiger partial charge < -0.3 is 10.6 Å². The molecule has 1 amide bonds. The molecule has 0 radical (unpaired) electrons. The molecule has 0 aliphatic carbocycles. The third-order valence-corrected chi connectivity index (χ3v) is 5.57. The first-order valence-corrected chi connectivity index (χ1v) is 12.8. The first-order valence-electron chi connectivity index (χ1n) is 10.9. The van der Waals surface area contributed by atoms with Gasteiger partial charge >= 0.3 is 6.18 Å². The summed E-state index contributed by atoms with van der Waals surface area (Å²) in [7, 11) is -3.78. The van der Waals surface area contributed by atoms with Crippen LogP contribution in [0, 0.1) is 18.2 Å². The summed E-state index contributed by atoms with van der Waals surface area (Å²) in [6.45, 7) is 0.0494. The minimum atomic E-state index is -4.65. The fraction of sp³-hybridized carbons (Fsp3) is 0.154. The van der Waals surface area contributed by atoms with Crippen LogP contribution in [0.5, 0.6) is 0 Å². The molecule has 38 heavy (non-hydrogen) atoms. The predicted molar refractivity (Wildman–Crippen MR) is 137 cm³/mol. The molecule has 0 atom stereocenters. The Bertz CT molecular complexity index is 1500. The Hall–Kier alpha value is -4.37. The van der Waals surface area contributed by atoms with Crippen LogP contribution in [0.2, 0.25) is 0 Å². The Labute approximate surface area is 217 Å². The van der Waals surface area contributed by atoms with E-state index in [1.165, 1.54) is 18.2 Å². The molecule has 0 aliphatic rings. The molecule has 2 aromatic carbocycles. The number of carbonyl (C=O) groups is 1. The molecule has 0 unspecified atom stereocenters. The number of hydrogen-bond donors (Lipinski definition) is 3. The lowest BCUT2D eigenvalue weighted by Crippen LogP contribution is -2.21. The molecule has 0 spiro atoms. The van der Waals surface area contributed by atoms with Gasteiger partial charge in [0.25, 0.3) is 0 Å². The molecule has 3 rings (SSSR count). The van der Waals surface area contributed by atoms with Crippen LogP contribution < -0.4 is 15.4 Å². The summed E-state index contributed by atoms with van der Waals surface area (Å²) in [6.07, 6.45) is 3.94. The third-order valence-electron chi connectivity index (χ3n) is 4.99. The summed E-state index contributed by atoms with van der Waals surface area (Å²) in [4.78, 5) is 16.0. The Balaban J connectivity index is 1.74. The van der Waals surface area contributed by atoms with E-state index in [1.807, 2.05) is 4.72 Å². The number of aromatic nitrogens is 1. The van der Waals surface area contributed by atoms with Crippen LogP contribution in [0.25, 0.3) is 6.08 Å². The molecule has 1 heterocycles. The molecule has 3 N–H and O–H groups in total. The lowest BCUT2D eigenvalue weighted by Gasteiger charge is -2.13. The minimum absolute atomic E-state index is 0.0554. The van der Waals surface area contributed by atoms with Gasteiger partial charge in [-0.2, -0.15) is 13.2 Å². The average Bonchev–Trinajstić information content (AvgIpc) is 2.85. The molecular formula is C26H22F4N4O3S. The van der Waals surface area contributed by atoms with Crippen molar-refractivity contribution in [2.75, 3.05) is 16.3 Å². The van der Waals surface area contributed by atoms with E-state index >= 15 is 0 Å². The zero-order valence-corrected chi connectivity index (χ0v) is 20.8. The van der Waals surface area contributed by atoms with Crippen LogP contribution in [0.4, 0.5) is 29.1 Å². The van der Waals surface area contributed by atoms with Crippen LogP contribution in [-0.4, -0.2) is 25.6 Å². The monoisotopic (exact) mass is 546 g/mol. The van der Waals surface area contributed by atoms with E-state index in [1.54, 1.807) is 30.3 Å². The Morgan fingerprint density at radius 1 is 1.08 bits per heavy atom. The summed E-state index contributed by atoms with van der Waals surface area (Å²) in [5, 5.41) is 5.37. The van der Waals surface area contributed by atoms with Crippen LogP contribution in [0.3, 0.4) is 0 Å². The summed E-state index contributed by atoms with van der Waals surface area (Å²) >= 11 is 0. The van der Waals surface area contributed by atoms with E-state index < -0.39 is 33.6 Å². The summed E-state index contributed by atoms with van der Waals surface area (Å²) in [5.74, 6) is 0.578. The second kappa shape index (κ2) is 11.8. The van der Waals surface area contributed by atoms with Gasteiger partial charge in [-0.1, -0.05) is 36.3 Å². The van der Waals surface area contributed by atoms with E-state index in [4.69, 9.17) is 6.42 Å². The standard InChI is InChI=1S/C26H22F4N4O3S/c1-3-19-13-18(14-21(27)24(19)34-38(2,36)37)16-31-23(35)12-10-20-9-11-22(26(28,29)30)33-25(20)32-15-17-7-5-4-6-8-17/h1,4-14,34H,15-16H2,2H3,(H,31,35)(H,32,33). The van der Waals surface area contributed by atoms with Gasteiger partial charge in [0.05, 0.1) is 17.5 Å². The Morgan fingerprint density at radius 3 is 2.42 bits per heavy atom. The molecule has 12 heteroatoms. The zero-order chi connectivity index (χ0) is 27.9. The van der Waals surface area contributed by atoms with E-state index in [2.05, 4.69) is 21.5 Å². The molecule has 1 aromatic heterocycles. The molecule has 0 saturated heterocycles. The van der Waals surface area contributed by atoms with Crippen molar-refractivity contribution in [1.29, 1.82) is 0 Å². The van der Waals surface area contributed by atoms with Crippen molar-refractivity contribution in [2.45, 2.75) is 19.3 Å². The second-order valence-electron chi connectivity index (χ2n) is 8.04. The fourth-order valence-corrected chi connectivity index (χ4v) is 3.85. The molecule has 3 aromatic rings. The van der Waals surface area contributed by atoms with Crippen molar-refractivity contribution in [1.82, 2.24) is 10.3 Å². The van der Waals surface area contributed by atoms with E-state index in [-0.39, 0.29) is 41.3 Å². The number of alkyl halides is 3. The normalized spacial score (nSPS) is 11.7. The first-order chi connectivity index (χ1) is 17.9. The number of sulfonamides is 1. The number of pyridine rings is 1. The van der Waals surface area contributed by atoms with Crippen LogP contribution in [0.1, 0.15) is 27.9 Å². The van der Waals surface area contributed by atoms with Crippen molar-refractivity contribution in [2.24, 2.45) is 0 Å². The van der Waals surface area contributed by atoms with Gasteiger partial charge in [-0.05, 0) is 41.5 Å². The number of terminal acetylenes is 1. The largest absolute Gasteiger partial charge is 0.433 e. The predicted octanol–water partition coefficient (Wildman–Crippen LogP) is 4.53. The third kappa shape index (κ3) is 8.07. The number of carbonyl (C=O) groups excluding carboxylic acids is 1. The summed E-state index contributed by atoms with van der Waals surface area (Å²) in [5.41, 5.74) is -0.209. The van der Waals surface area contributed by atoms with Gasteiger partial charge in [0.1, 0.15) is 17.3 Å². The zero-order valence-electron chi connectivity index (χ0n) is 19.9. The van der Waals surface area contributed by atoms with Crippen molar-refractivity contribution < 1.29 is 30.8 Å². The van der Waals surface area contributed by atoms with E-state index in [9.17, 15) is 30.8 Å². The highest BCUT2D eigenvalue weighted by molar-refractivity contribution is 7.92. The number of halogens is 4. The topological polar surface area (TPSA) is 100 Å². The molecule has 0 fully saturated rings. The second-order valence-corrected chi connectivity index (χ2v) is 9.79. The van der Waals surface area contributed by atoms with Crippen molar-refractivity contribution in [3.05, 3.63) is 94.4 Å². The van der Waals surface area contributed by atoms with Crippen molar-refractivity contribution >= 4 is 33.5 Å². The maximum absolute atomic E-state index is 14.4. The van der Waals surface area contributed by atoms with Crippen molar-refractivity contribution in [3.63, 3.8) is 0 Å². The van der Waals surface area contributed by atoms with Gasteiger partial charge in [-0.15, -0.1) is 6.42 Å². The van der Waals surface area contributed by atoms with Gasteiger partial charge in [0.15, 0.2) is 0 Å². The average molecular weight is 547 g/mol. The van der Waals surface area contributed by atoms with Crippen LogP contribution >= 0.6 is 0 Å². The highest BCUT2D eigenvalue weighted by Crippen LogP contribution is 2.30. The lowest BCUT2D eigenvalue weighted by molar-refractivity contribution is -0.141. The quantitative estimate of drug-likeness (QED) is 0.208. The molecule has 0 saturated carbocycles. The minimum Gasteiger partial charge on any atom is -0.365 e. The highest BCUT2D eigenvalue weighted by atomic mass is 32.2. The fourth-order valence-electron chi connectivity index (χ4n) is 3.27. The maximum atomic E-state index is 14.4. The van der Waals surface area contributed by atoms with Gasteiger partial charge in [0, 0.05) is 24.7 Å². The summed E-state index contributed by atoms with van der Waals surface area (Å²) < 4.78 is 78.9. The Morgan fingerprint density at radius 2 is 1.79 bits per heavy atom. The lowest BCUT2D eigenvalue weighted by atomic mass is 10.1. The van der Waals surface area contributed by atoms with Crippen LogP contribution in [0.15, 0.2) is 60.7 Å². The summed E-state index contributed by atoms with van der Waals surface area (Å²) in [6, 6.07) is 13.3. The molecule has 0 bridgehead atoms. The number of benzene rings is 2. The van der Waals surface area contributed by atoms with Crippen LogP contribution in [-0.2, 0) is 34.1 Å². The Kier molecular flexibility index (Phi) is 8.75. The van der Waals surface area contributed by atoms with Gasteiger partial charge in [-0.25, -0.2) is 17.8 Å². The smallest absolute Gasteiger partial charge is 0.365 e. The molecular weight excluding hydrogens is 524 g/mol. The van der Waals surface area contributed by atoms with E-state index in [0.29, 0.717) is 0 Å². The SMILES string of the molecule is C#Cc1cc(CNC(=O)C=Cc2ccc(C(F)(F)F)nc2NCc2ccccc2)cc(F)c1NS(C)(=O)=O. The maximum Gasteiger partial charge on any atom is 0.433 e. The number of nitrogens with one attached hydrogen (secondary N) is 3. The van der Waals surface area contributed by atoms with Gasteiger partial charge in [-0.3, -0.25) is 9.52 Å². The number of hydrogen-bond acceptors (Lipinski definition) is 5. The number of amides is 1. The molecule has 198 valence electrons. The highest BCUT2D eigenvalue weighted by Gasteiger charge is 2.33. The van der Waals surface area contributed by atoms with Crippen molar-refractivity contribution in [3.8, 4) is 12.3 Å². The van der Waals surface area contributed by atoms with E-state index in [0.717, 1.165) is 30.0 Å².